The molecular formula is C28H24FN3O2. The molecule has 170 valence electrons. The van der Waals surface area contributed by atoms with E-state index < -0.39 is 5.91 Å². The Balaban J connectivity index is 1.62. The first-order chi connectivity index (χ1) is 16.4. The molecule has 0 saturated heterocycles. The summed E-state index contributed by atoms with van der Waals surface area (Å²) in [4.78, 5) is 12.9. The van der Waals surface area contributed by atoms with Crippen molar-refractivity contribution in [2.75, 3.05) is 5.32 Å². The zero-order valence-electron chi connectivity index (χ0n) is 19.0. The molecule has 3 aromatic carbocycles. The summed E-state index contributed by atoms with van der Waals surface area (Å²) in [5.41, 5.74) is 3.18. The molecule has 0 spiro atoms. The van der Waals surface area contributed by atoms with Gasteiger partial charge < -0.3 is 14.6 Å². The number of aromatic nitrogens is 1. The van der Waals surface area contributed by atoms with Crippen molar-refractivity contribution < 1.29 is 13.9 Å². The second-order valence-electron chi connectivity index (χ2n) is 8.17. The standard InChI is InChI=1S/C28H24FN3O2/c1-19(2)34-25-7-5-6-24(15-25)31-28(33)21(16-30)14-22-18-32(27-9-4-3-8-26(22)27)17-20-10-12-23(29)13-11-20/h3-15,18-19H,17H2,1-2H3,(H,31,33)/b21-14-. The van der Waals surface area contributed by atoms with Crippen LogP contribution >= 0.6 is 0 Å². The van der Waals surface area contributed by atoms with Gasteiger partial charge in [0.25, 0.3) is 5.91 Å². The van der Waals surface area contributed by atoms with Crippen LogP contribution in [-0.4, -0.2) is 16.6 Å². The second kappa shape index (κ2) is 10.1. The number of rotatable bonds is 7. The first kappa shape index (κ1) is 22.8. The Morgan fingerprint density at radius 3 is 2.62 bits per heavy atom. The number of anilines is 1. The molecule has 0 aliphatic carbocycles. The van der Waals surface area contributed by atoms with Gasteiger partial charge in [-0.3, -0.25) is 4.79 Å². The van der Waals surface area contributed by atoms with Crippen LogP contribution in [0.2, 0.25) is 0 Å². The summed E-state index contributed by atoms with van der Waals surface area (Å²) in [6, 6.07) is 23.2. The van der Waals surface area contributed by atoms with Gasteiger partial charge in [0.05, 0.1) is 6.10 Å². The van der Waals surface area contributed by atoms with Crippen LogP contribution < -0.4 is 10.1 Å². The molecule has 0 atom stereocenters. The maximum atomic E-state index is 13.3. The number of para-hydroxylation sites is 1. The number of benzene rings is 3. The lowest BCUT2D eigenvalue weighted by Gasteiger charge is -2.11. The number of hydrogen-bond acceptors (Lipinski definition) is 3. The van der Waals surface area contributed by atoms with Gasteiger partial charge in [0, 0.05) is 41.0 Å². The van der Waals surface area contributed by atoms with Crippen LogP contribution in [0.15, 0.2) is 84.6 Å². The fourth-order valence-corrected chi connectivity index (χ4v) is 3.73. The van der Waals surface area contributed by atoms with E-state index in [2.05, 4.69) is 5.32 Å². The molecule has 4 aromatic rings. The number of nitriles is 1. The van der Waals surface area contributed by atoms with Crippen LogP contribution in [0.4, 0.5) is 10.1 Å². The molecule has 4 rings (SSSR count). The van der Waals surface area contributed by atoms with Crippen molar-refractivity contribution in [2.24, 2.45) is 0 Å². The molecule has 34 heavy (non-hydrogen) atoms. The molecule has 0 fully saturated rings. The lowest BCUT2D eigenvalue weighted by molar-refractivity contribution is -0.112. The van der Waals surface area contributed by atoms with E-state index in [0.29, 0.717) is 18.0 Å². The summed E-state index contributed by atoms with van der Waals surface area (Å²) in [5.74, 6) is -0.144. The van der Waals surface area contributed by atoms with Gasteiger partial charge in [-0.1, -0.05) is 36.4 Å². The van der Waals surface area contributed by atoms with E-state index in [4.69, 9.17) is 4.74 Å². The monoisotopic (exact) mass is 453 g/mol. The average molecular weight is 454 g/mol. The second-order valence-corrected chi connectivity index (χ2v) is 8.17. The van der Waals surface area contributed by atoms with Crippen LogP contribution in [0.1, 0.15) is 25.0 Å². The zero-order valence-corrected chi connectivity index (χ0v) is 19.0. The highest BCUT2D eigenvalue weighted by Gasteiger charge is 2.13. The fourth-order valence-electron chi connectivity index (χ4n) is 3.73. The highest BCUT2D eigenvalue weighted by atomic mass is 19.1. The Labute approximate surface area is 197 Å². The van der Waals surface area contributed by atoms with E-state index in [-0.39, 0.29) is 17.5 Å². The van der Waals surface area contributed by atoms with E-state index >= 15 is 0 Å². The normalized spacial score (nSPS) is 11.4. The van der Waals surface area contributed by atoms with Crippen molar-refractivity contribution in [2.45, 2.75) is 26.5 Å². The molecule has 1 amide bonds. The van der Waals surface area contributed by atoms with Gasteiger partial charge in [0.1, 0.15) is 23.2 Å². The molecule has 0 aliphatic rings. The van der Waals surface area contributed by atoms with Crippen LogP contribution in [0.25, 0.3) is 17.0 Å². The van der Waals surface area contributed by atoms with Gasteiger partial charge in [-0.25, -0.2) is 4.39 Å². The summed E-state index contributed by atoms with van der Waals surface area (Å²) in [5, 5.41) is 13.4. The molecule has 1 aromatic heterocycles. The molecule has 1 N–H and O–H groups in total. The Morgan fingerprint density at radius 2 is 1.88 bits per heavy atom. The van der Waals surface area contributed by atoms with Crippen LogP contribution in [0, 0.1) is 17.1 Å². The van der Waals surface area contributed by atoms with Crippen molar-refractivity contribution in [3.8, 4) is 11.8 Å². The molecule has 0 bridgehead atoms. The number of nitrogens with zero attached hydrogens (tertiary/aromatic N) is 2. The number of fused-ring (bicyclic) bond motifs is 1. The number of carbonyl (C=O) groups is 1. The molecular weight excluding hydrogens is 429 g/mol. The Morgan fingerprint density at radius 1 is 1.12 bits per heavy atom. The van der Waals surface area contributed by atoms with Crippen LogP contribution in [0.3, 0.4) is 0 Å². The van der Waals surface area contributed by atoms with Gasteiger partial charge >= 0.3 is 0 Å². The SMILES string of the molecule is CC(C)Oc1cccc(NC(=O)/C(C#N)=C\c2cn(Cc3ccc(F)cc3)c3ccccc23)c1. The van der Waals surface area contributed by atoms with E-state index in [1.165, 1.54) is 12.1 Å². The van der Waals surface area contributed by atoms with Crippen molar-refractivity contribution in [3.63, 3.8) is 0 Å². The smallest absolute Gasteiger partial charge is 0.266 e. The van der Waals surface area contributed by atoms with Gasteiger partial charge in [-0.05, 0) is 55.8 Å². The topological polar surface area (TPSA) is 67.0 Å². The molecule has 0 saturated carbocycles. The van der Waals surface area contributed by atoms with Crippen LogP contribution in [-0.2, 0) is 11.3 Å². The molecule has 1 heterocycles. The van der Waals surface area contributed by atoms with Crippen molar-refractivity contribution >= 4 is 28.6 Å². The highest BCUT2D eigenvalue weighted by Crippen LogP contribution is 2.25. The maximum absolute atomic E-state index is 13.3. The maximum Gasteiger partial charge on any atom is 0.266 e. The average Bonchev–Trinajstić information content (AvgIpc) is 3.16. The third kappa shape index (κ3) is 5.33. The quantitative estimate of drug-likeness (QED) is 0.269. The number of carbonyl (C=O) groups excluding carboxylic acids is 1. The van der Waals surface area contributed by atoms with E-state index in [0.717, 1.165) is 22.0 Å². The third-order valence-corrected chi connectivity index (χ3v) is 5.21. The lowest BCUT2D eigenvalue weighted by Crippen LogP contribution is -2.13. The van der Waals surface area contributed by atoms with Crippen molar-refractivity contribution in [1.29, 1.82) is 5.26 Å². The first-order valence-electron chi connectivity index (χ1n) is 10.9. The largest absolute Gasteiger partial charge is 0.491 e. The number of halogens is 1. The predicted molar refractivity (Wildman–Crippen MR) is 132 cm³/mol. The first-order valence-corrected chi connectivity index (χ1v) is 10.9. The minimum absolute atomic E-state index is 0.00717. The molecule has 5 nitrogen and oxygen atoms in total. The van der Waals surface area contributed by atoms with Gasteiger partial charge in [0.2, 0.25) is 0 Å². The molecule has 0 aliphatic heterocycles. The minimum atomic E-state index is -0.500. The Bertz CT molecular complexity index is 1400. The van der Waals surface area contributed by atoms with Crippen molar-refractivity contribution in [3.05, 3.63) is 102 Å². The van der Waals surface area contributed by atoms with E-state index in [9.17, 15) is 14.4 Å². The molecule has 0 radical (unpaired) electrons. The zero-order chi connectivity index (χ0) is 24.1. The Kier molecular flexibility index (Phi) is 6.74. The number of amides is 1. The van der Waals surface area contributed by atoms with Gasteiger partial charge in [-0.15, -0.1) is 0 Å². The Hall–Kier alpha value is -4.37. The summed E-state index contributed by atoms with van der Waals surface area (Å²) in [6.45, 7) is 4.38. The van der Waals surface area contributed by atoms with E-state index in [1.54, 1.807) is 36.4 Å². The lowest BCUT2D eigenvalue weighted by atomic mass is 10.1. The third-order valence-electron chi connectivity index (χ3n) is 5.21. The summed E-state index contributed by atoms with van der Waals surface area (Å²) < 4.78 is 21.0. The summed E-state index contributed by atoms with van der Waals surface area (Å²) in [7, 11) is 0. The highest BCUT2D eigenvalue weighted by molar-refractivity contribution is 6.10. The molecule has 6 heteroatoms. The van der Waals surface area contributed by atoms with Gasteiger partial charge in [-0.2, -0.15) is 5.26 Å². The minimum Gasteiger partial charge on any atom is -0.491 e. The summed E-state index contributed by atoms with van der Waals surface area (Å²) in [6.07, 6.45) is 3.50. The predicted octanol–water partition coefficient (Wildman–Crippen LogP) is 6.16. The number of nitrogens with one attached hydrogen (secondary N) is 1. The van der Waals surface area contributed by atoms with Crippen LogP contribution in [0.5, 0.6) is 5.75 Å². The molecule has 0 unspecified atom stereocenters. The van der Waals surface area contributed by atoms with Crippen molar-refractivity contribution in [1.82, 2.24) is 4.57 Å². The number of hydrogen-bond donors (Lipinski definition) is 1. The fraction of sp³-hybridized carbons (Fsp3) is 0.143. The van der Waals surface area contributed by atoms with E-state index in [1.807, 2.05) is 61.0 Å². The number of ether oxygens (including phenoxy) is 1. The van der Waals surface area contributed by atoms with Gasteiger partial charge in [0.15, 0.2) is 0 Å². The summed E-state index contributed by atoms with van der Waals surface area (Å²) >= 11 is 0.